The summed E-state index contributed by atoms with van der Waals surface area (Å²) in [5.41, 5.74) is 5.76. The minimum atomic E-state index is -5.37. The molecular formula is C24H25N3O11P2-2. The SMILES string of the molecule is Nc1ccc(CP(=O)([O-])OP(=O)([O-])OC[C@H]2O[C@@H](n3ccc(=O)[nH]c3=O)[C@H]3OC(Cc4ccccc4)OC23)cc1. The molecule has 3 N–H and O–H groups in total. The van der Waals surface area contributed by atoms with Crippen molar-refractivity contribution < 1.29 is 42.0 Å². The number of phosphoric ester groups is 1. The number of anilines is 1. The molecule has 14 nitrogen and oxygen atoms in total. The van der Waals surface area contributed by atoms with E-state index in [4.69, 9.17) is 24.5 Å². The third-order valence-corrected chi connectivity index (χ3v) is 9.26. The molecule has 0 saturated carbocycles. The molecule has 5 rings (SSSR count). The first kappa shape index (κ1) is 28.6. The van der Waals surface area contributed by atoms with Gasteiger partial charge in [-0.1, -0.05) is 42.5 Å². The van der Waals surface area contributed by atoms with Crippen LogP contribution in [0.1, 0.15) is 17.4 Å². The number of benzene rings is 2. The van der Waals surface area contributed by atoms with E-state index in [1.165, 1.54) is 30.5 Å². The predicted octanol–water partition coefficient (Wildman–Crippen LogP) is 0.624. The van der Waals surface area contributed by atoms with E-state index in [1.54, 1.807) is 0 Å². The molecule has 2 aliphatic rings. The largest absolute Gasteiger partial charge is 0.778 e. The van der Waals surface area contributed by atoms with Crippen LogP contribution in [0.2, 0.25) is 0 Å². The van der Waals surface area contributed by atoms with Crippen molar-refractivity contribution >= 4 is 21.1 Å². The van der Waals surface area contributed by atoms with Gasteiger partial charge in [0.2, 0.25) is 0 Å². The van der Waals surface area contributed by atoms with Crippen molar-refractivity contribution in [2.45, 2.75) is 43.4 Å². The van der Waals surface area contributed by atoms with Gasteiger partial charge in [0.1, 0.15) is 25.9 Å². The highest BCUT2D eigenvalue weighted by Gasteiger charge is 2.54. The molecule has 214 valence electrons. The molecule has 0 radical (unpaired) electrons. The minimum Gasteiger partial charge on any atom is -0.778 e. The number of H-pyrrole nitrogens is 1. The zero-order chi connectivity index (χ0) is 28.5. The second-order valence-corrected chi connectivity index (χ2v) is 12.6. The molecule has 2 aliphatic heterocycles. The lowest BCUT2D eigenvalue weighted by atomic mass is 10.1. The number of nitrogen functional groups attached to an aromatic ring is 1. The van der Waals surface area contributed by atoms with Crippen molar-refractivity contribution in [2.75, 3.05) is 12.3 Å². The number of ether oxygens (including phenoxy) is 3. The second-order valence-electron chi connectivity index (χ2n) is 9.24. The summed E-state index contributed by atoms with van der Waals surface area (Å²) < 4.78 is 53.1. The van der Waals surface area contributed by atoms with Gasteiger partial charge >= 0.3 is 5.69 Å². The lowest BCUT2D eigenvalue weighted by Crippen LogP contribution is -2.36. The summed E-state index contributed by atoms with van der Waals surface area (Å²) in [6, 6.07) is 16.2. The molecule has 0 amide bonds. The van der Waals surface area contributed by atoms with Crippen molar-refractivity contribution in [2.24, 2.45) is 0 Å². The van der Waals surface area contributed by atoms with Gasteiger partial charge in [-0.25, -0.2) is 4.79 Å². The summed E-state index contributed by atoms with van der Waals surface area (Å²) >= 11 is 0. The number of hydrogen-bond acceptors (Lipinski definition) is 12. The van der Waals surface area contributed by atoms with Crippen LogP contribution in [0.3, 0.4) is 0 Å². The second kappa shape index (κ2) is 11.5. The first-order valence-corrected chi connectivity index (χ1v) is 15.3. The molecule has 40 heavy (non-hydrogen) atoms. The van der Waals surface area contributed by atoms with E-state index in [0.29, 0.717) is 12.1 Å². The van der Waals surface area contributed by atoms with E-state index < -0.39 is 70.3 Å². The van der Waals surface area contributed by atoms with Gasteiger partial charge in [0, 0.05) is 30.5 Å². The normalized spacial score (nSPS) is 27.1. The Morgan fingerprint density at radius 3 is 2.33 bits per heavy atom. The number of aromatic amines is 1. The molecule has 16 heteroatoms. The van der Waals surface area contributed by atoms with Crippen molar-refractivity contribution in [1.29, 1.82) is 0 Å². The third kappa shape index (κ3) is 6.87. The Hall–Kier alpha value is -2.90. The van der Waals surface area contributed by atoms with Crippen LogP contribution >= 0.6 is 15.4 Å². The number of phosphoric acid groups is 1. The third-order valence-electron chi connectivity index (χ3n) is 6.25. The molecule has 4 unspecified atom stereocenters. The fourth-order valence-corrected chi connectivity index (χ4v) is 7.13. The maximum atomic E-state index is 12.5. The number of nitrogens with zero attached hydrogens (tertiary/aromatic N) is 1. The van der Waals surface area contributed by atoms with Crippen molar-refractivity contribution in [3.63, 3.8) is 0 Å². The lowest BCUT2D eigenvalue weighted by Gasteiger charge is -2.32. The van der Waals surface area contributed by atoms with E-state index in [9.17, 15) is 28.5 Å². The van der Waals surface area contributed by atoms with Gasteiger partial charge in [-0.2, -0.15) is 0 Å². The first-order valence-electron chi connectivity index (χ1n) is 12.1. The Labute approximate surface area is 227 Å². The summed E-state index contributed by atoms with van der Waals surface area (Å²) in [5, 5.41) is 0. The van der Waals surface area contributed by atoms with E-state index in [2.05, 4.69) is 9.29 Å². The summed E-state index contributed by atoms with van der Waals surface area (Å²) in [4.78, 5) is 50.9. The van der Waals surface area contributed by atoms with Gasteiger partial charge in [0.15, 0.2) is 12.5 Å². The van der Waals surface area contributed by atoms with Gasteiger partial charge in [0.25, 0.3) is 13.4 Å². The van der Waals surface area contributed by atoms with Crippen LogP contribution in [0, 0.1) is 0 Å². The average Bonchev–Trinajstić information content (AvgIpc) is 3.43. The highest BCUT2D eigenvalue weighted by atomic mass is 31.3. The molecule has 3 heterocycles. The van der Waals surface area contributed by atoms with Crippen molar-refractivity contribution in [3.8, 4) is 0 Å². The van der Waals surface area contributed by atoms with Crippen LogP contribution < -0.4 is 26.8 Å². The average molecular weight is 593 g/mol. The van der Waals surface area contributed by atoms with Crippen LogP contribution in [0.5, 0.6) is 0 Å². The monoisotopic (exact) mass is 593 g/mol. The zero-order valence-electron chi connectivity index (χ0n) is 20.8. The topological polar surface area (TPSA) is 207 Å². The van der Waals surface area contributed by atoms with E-state index in [-0.39, 0.29) is 5.56 Å². The molecular weight excluding hydrogens is 568 g/mol. The Bertz CT molecular complexity index is 1550. The van der Waals surface area contributed by atoms with Gasteiger partial charge in [-0.15, -0.1) is 0 Å². The van der Waals surface area contributed by atoms with Crippen molar-refractivity contribution in [1.82, 2.24) is 9.55 Å². The number of rotatable bonds is 10. The van der Waals surface area contributed by atoms with Gasteiger partial charge in [0.05, 0.1) is 6.61 Å². The number of fused-ring (bicyclic) bond motifs is 1. The number of hydrogen-bond donors (Lipinski definition) is 2. The number of aromatic nitrogens is 2. The van der Waals surface area contributed by atoms with Gasteiger partial charge in [-0.3, -0.25) is 23.2 Å². The van der Waals surface area contributed by atoms with E-state index >= 15 is 0 Å². The highest BCUT2D eigenvalue weighted by Crippen LogP contribution is 2.57. The molecule has 3 aromatic rings. The van der Waals surface area contributed by atoms with E-state index in [1.807, 2.05) is 30.3 Å². The molecule has 2 aromatic carbocycles. The Morgan fingerprint density at radius 2 is 1.62 bits per heavy atom. The fraction of sp³-hybridized carbons (Fsp3) is 0.333. The van der Waals surface area contributed by atoms with Crippen LogP contribution in [0.15, 0.2) is 76.4 Å². The van der Waals surface area contributed by atoms with Crippen LogP contribution in [-0.2, 0) is 44.8 Å². The standard InChI is InChI=1S/C24H27N3O11P2/c25-17-8-6-16(7-9-17)14-39(30,31)38-40(32,33)34-13-18-21-22(23(35-18)27-11-10-19(28)26-24(27)29)37-20(36-21)12-15-4-2-1-3-5-15/h1-11,18,20-23H,12-14,25H2,(H,30,31)(H,32,33)(H,26,28,29)/p-2/t18-,20?,21?,22+,23-/m1/s1. The fourth-order valence-electron chi connectivity index (χ4n) is 4.50. The smallest absolute Gasteiger partial charge is 0.330 e. The molecule has 7 atom stereocenters. The summed E-state index contributed by atoms with van der Waals surface area (Å²) in [5.74, 6) is 0. The molecule has 0 bridgehead atoms. The van der Waals surface area contributed by atoms with Crippen molar-refractivity contribution in [3.05, 3.63) is 98.8 Å². The molecule has 0 spiro atoms. The van der Waals surface area contributed by atoms with Crippen LogP contribution in [0.25, 0.3) is 0 Å². The molecule has 1 aromatic heterocycles. The van der Waals surface area contributed by atoms with Gasteiger partial charge < -0.3 is 38.8 Å². The summed E-state index contributed by atoms with van der Waals surface area (Å²) in [6.45, 7) is -0.695. The number of nitrogens with one attached hydrogen (secondary N) is 1. The molecule has 2 saturated heterocycles. The van der Waals surface area contributed by atoms with Crippen LogP contribution in [0.4, 0.5) is 5.69 Å². The highest BCUT2D eigenvalue weighted by molar-refractivity contribution is 7.62. The minimum absolute atomic E-state index is 0.268. The van der Waals surface area contributed by atoms with Gasteiger partial charge in [-0.05, 0) is 23.3 Å². The lowest BCUT2D eigenvalue weighted by molar-refractivity contribution is -0.235. The molecule has 0 aliphatic carbocycles. The Morgan fingerprint density at radius 1 is 0.925 bits per heavy atom. The summed E-state index contributed by atoms with van der Waals surface area (Å²) in [6.07, 6.45) is -3.89. The maximum Gasteiger partial charge on any atom is 0.330 e. The quantitative estimate of drug-likeness (QED) is 0.245. The van der Waals surface area contributed by atoms with Crippen LogP contribution in [-0.4, -0.2) is 40.8 Å². The summed E-state index contributed by atoms with van der Waals surface area (Å²) in [7, 11) is -10.3. The Kier molecular flexibility index (Phi) is 8.25. The zero-order valence-corrected chi connectivity index (χ0v) is 22.6. The molecule has 2 fully saturated rings. The number of nitrogens with two attached hydrogens (primary N) is 1. The first-order chi connectivity index (χ1) is 19.0. The predicted molar refractivity (Wildman–Crippen MR) is 136 cm³/mol. The van der Waals surface area contributed by atoms with E-state index in [0.717, 1.165) is 16.2 Å². The Balaban J connectivity index is 1.29. The maximum absolute atomic E-state index is 12.5.